The molecular weight excluding hydrogens is 521 g/mol. The molecule has 0 fully saturated rings. The molecule has 0 saturated carbocycles. The van der Waals surface area contributed by atoms with Gasteiger partial charge in [0, 0.05) is 25.1 Å². The number of sulfone groups is 1. The van der Waals surface area contributed by atoms with Gasteiger partial charge >= 0.3 is 6.36 Å². The van der Waals surface area contributed by atoms with Crippen molar-refractivity contribution in [2.75, 3.05) is 6.26 Å². The van der Waals surface area contributed by atoms with Crippen molar-refractivity contribution in [1.29, 1.82) is 0 Å². The molecule has 0 unspecified atom stereocenters. The Labute approximate surface area is 216 Å². The second kappa shape index (κ2) is 10.9. The Bertz CT molecular complexity index is 1520. The molecule has 0 saturated heterocycles. The van der Waals surface area contributed by atoms with Crippen LogP contribution in [0.3, 0.4) is 0 Å². The zero-order valence-corrected chi connectivity index (χ0v) is 20.7. The largest absolute Gasteiger partial charge is 0.573 e. The predicted octanol–water partition coefficient (Wildman–Crippen LogP) is 5.77. The van der Waals surface area contributed by atoms with Crippen LogP contribution in [0.2, 0.25) is 0 Å². The van der Waals surface area contributed by atoms with Gasteiger partial charge in [0.25, 0.3) is 5.91 Å². The van der Waals surface area contributed by atoms with E-state index in [1.54, 1.807) is 24.3 Å². The zero-order chi connectivity index (χ0) is 27.3. The molecule has 1 amide bonds. The maximum atomic E-state index is 12.6. The molecule has 0 atom stereocenters. The van der Waals surface area contributed by atoms with Gasteiger partial charge in [-0.15, -0.1) is 13.2 Å². The molecule has 0 aliphatic carbocycles. The van der Waals surface area contributed by atoms with Gasteiger partial charge in [-0.3, -0.25) is 4.79 Å². The number of pyridine rings is 1. The lowest BCUT2D eigenvalue weighted by Crippen LogP contribution is -2.22. The molecule has 3 aromatic carbocycles. The van der Waals surface area contributed by atoms with Crippen LogP contribution in [0.4, 0.5) is 13.2 Å². The van der Waals surface area contributed by atoms with Gasteiger partial charge in [0.2, 0.25) is 5.88 Å². The summed E-state index contributed by atoms with van der Waals surface area (Å²) < 4.78 is 70.3. The maximum absolute atomic E-state index is 12.6. The number of ether oxygens (including phenoxy) is 2. The van der Waals surface area contributed by atoms with Gasteiger partial charge in [0.15, 0.2) is 21.3 Å². The highest BCUT2D eigenvalue weighted by Gasteiger charge is 2.32. The molecule has 4 aromatic rings. The van der Waals surface area contributed by atoms with Crippen molar-refractivity contribution in [2.24, 2.45) is 0 Å². The van der Waals surface area contributed by atoms with Gasteiger partial charge in [0.05, 0.1) is 10.5 Å². The number of carbonyl (C=O) groups excluding carboxylic acids is 1. The number of nitrogens with zero attached hydrogens (tertiary/aromatic N) is 1. The smallest absolute Gasteiger partial charge is 0.435 e. The van der Waals surface area contributed by atoms with Crippen LogP contribution < -0.4 is 14.8 Å². The lowest BCUT2D eigenvalue weighted by Gasteiger charge is -2.13. The minimum Gasteiger partial charge on any atom is -0.435 e. The van der Waals surface area contributed by atoms with Crippen LogP contribution in [0, 0.1) is 0 Å². The fraction of sp³-hybridized carbons (Fsp3) is 0.111. The van der Waals surface area contributed by atoms with Gasteiger partial charge in [-0.1, -0.05) is 48.5 Å². The summed E-state index contributed by atoms with van der Waals surface area (Å²) in [4.78, 5) is 16.8. The van der Waals surface area contributed by atoms with Crippen LogP contribution >= 0.6 is 0 Å². The number of alkyl halides is 3. The molecule has 196 valence electrons. The number of para-hydroxylation sites is 2. The minimum atomic E-state index is -4.87. The summed E-state index contributed by atoms with van der Waals surface area (Å²) >= 11 is 0. The molecule has 7 nitrogen and oxygen atoms in total. The second-order valence-electron chi connectivity index (χ2n) is 8.16. The van der Waals surface area contributed by atoms with E-state index in [-0.39, 0.29) is 28.6 Å². The van der Waals surface area contributed by atoms with Crippen LogP contribution in [-0.4, -0.2) is 31.9 Å². The molecule has 0 spiro atoms. The van der Waals surface area contributed by atoms with E-state index in [0.29, 0.717) is 0 Å². The Morgan fingerprint density at radius 3 is 2.03 bits per heavy atom. The predicted molar refractivity (Wildman–Crippen MR) is 134 cm³/mol. The first-order chi connectivity index (χ1) is 18.0. The molecule has 0 aliphatic rings. The van der Waals surface area contributed by atoms with Gasteiger partial charge in [-0.05, 0) is 47.0 Å². The van der Waals surface area contributed by atoms with Crippen LogP contribution in [0.25, 0.3) is 11.1 Å². The number of rotatable bonds is 8. The number of hydrogen-bond donors (Lipinski definition) is 1. The molecule has 1 heterocycles. The maximum Gasteiger partial charge on any atom is 0.573 e. The average Bonchev–Trinajstić information content (AvgIpc) is 2.88. The van der Waals surface area contributed by atoms with Crippen molar-refractivity contribution in [1.82, 2.24) is 10.3 Å². The van der Waals surface area contributed by atoms with Crippen LogP contribution in [-0.2, 0) is 16.4 Å². The summed E-state index contributed by atoms with van der Waals surface area (Å²) in [6.07, 6.45) is -2.47. The highest BCUT2D eigenvalue weighted by Crippen LogP contribution is 2.34. The van der Waals surface area contributed by atoms with E-state index < -0.39 is 27.9 Å². The molecule has 0 bridgehead atoms. The fourth-order valence-corrected chi connectivity index (χ4v) is 4.06. The lowest BCUT2D eigenvalue weighted by molar-refractivity contribution is -0.275. The van der Waals surface area contributed by atoms with Crippen LogP contribution in [0.15, 0.2) is 96.0 Å². The fourth-order valence-electron chi connectivity index (χ4n) is 3.43. The Balaban J connectivity index is 1.34. The summed E-state index contributed by atoms with van der Waals surface area (Å²) in [5.74, 6) is -1.10. The van der Waals surface area contributed by atoms with Crippen LogP contribution in [0.1, 0.15) is 15.9 Å². The van der Waals surface area contributed by atoms with E-state index in [9.17, 15) is 26.4 Å². The monoisotopic (exact) mass is 542 g/mol. The Hall–Kier alpha value is -4.38. The Kier molecular flexibility index (Phi) is 7.67. The first kappa shape index (κ1) is 26.7. The quantitative estimate of drug-likeness (QED) is 0.304. The van der Waals surface area contributed by atoms with Crippen molar-refractivity contribution >= 4 is 15.7 Å². The number of aromatic nitrogens is 1. The van der Waals surface area contributed by atoms with E-state index in [1.807, 2.05) is 24.3 Å². The summed E-state index contributed by atoms with van der Waals surface area (Å²) in [6, 6.07) is 22.1. The normalized spacial score (nSPS) is 11.6. The van der Waals surface area contributed by atoms with Crippen LogP contribution in [0.5, 0.6) is 17.4 Å². The molecule has 4 rings (SSSR count). The molecule has 1 aromatic heterocycles. The third-order valence-corrected chi connectivity index (χ3v) is 6.44. The molecule has 1 N–H and O–H groups in total. The third kappa shape index (κ3) is 7.10. The number of amides is 1. The van der Waals surface area contributed by atoms with E-state index >= 15 is 0 Å². The zero-order valence-electron chi connectivity index (χ0n) is 19.9. The first-order valence-electron chi connectivity index (χ1n) is 11.1. The van der Waals surface area contributed by atoms with Gasteiger partial charge in [-0.25, -0.2) is 13.4 Å². The molecule has 0 aliphatic heterocycles. The van der Waals surface area contributed by atoms with Crippen molar-refractivity contribution in [3.05, 3.63) is 102 Å². The van der Waals surface area contributed by atoms with E-state index in [0.717, 1.165) is 29.0 Å². The topological polar surface area (TPSA) is 94.6 Å². The highest BCUT2D eigenvalue weighted by molar-refractivity contribution is 7.90. The number of hydrogen-bond acceptors (Lipinski definition) is 6. The van der Waals surface area contributed by atoms with Gasteiger partial charge < -0.3 is 14.8 Å². The van der Waals surface area contributed by atoms with E-state index in [1.165, 1.54) is 36.5 Å². The van der Waals surface area contributed by atoms with E-state index in [4.69, 9.17) is 4.74 Å². The van der Waals surface area contributed by atoms with Crippen molar-refractivity contribution in [2.45, 2.75) is 17.8 Å². The highest BCUT2D eigenvalue weighted by atomic mass is 32.2. The Morgan fingerprint density at radius 1 is 0.868 bits per heavy atom. The average molecular weight is 543 g/mol. The van der Waals surface area contributed by atoms with Gasteiger partial charge in [-0.2, -0.15) is 0 Å². The first-order valence-corrected chi connectivity index (χ1v) is 13.0. The summed E-state index contributed by atoms with van der Waals surface area (Å²) in [5.41, 5.74) is 2.82. The Morgan fingerprint density at radius 2 is 1.47 bits per heavy atom. The number of carbonyl (C=O) groups is 1. The number of halogens is 3. The van der Waals surface area contributed by atoms with E-state index in [2.05, 4.69) is 15.0 Å². The van der Waals surface area contributed by atoms with Gasteiger partial charge in [0.1, 0.15) is 0 Å². The van der Waals surface area contributed by atoms with Crippen molar-refractivity contribution in [3.8, 4) is 28.5 Å². The molecular formula is C27H21F3N2O5S. The summed E-state index contributed by atoms with van der Waals surface area (Å²) in [7, 11) is -3.27. The summed E-state index contributed by atoms with van der Waals surface area (Å²) in [6.45, 7) is 0.243. The minimum absolute atomic E-state index is 0.0140. The number of nitrogens with one attached hydrogen (secondary N) is 1. The standard InChI is InChI=1S/C27H21F3N2O5S/c1-38(34,35)22-13-10-20(11-14-22)19-8-6-18(7-9-19)16-32-26(33)21-12-15-25(31-17-21)36-23-4-2-3-5-24(23)37-27(28,29)30/h2-15,17H,16H2,1H3,(H,32,33). The molecule has 38 heavy (non-hydrogen) atoms. The molecule has 11 heteroatoms. The summed E-state index contributed by atoms with van der Waals surface area (Å²) in [5, 5.41) is 2.77. The second-order valence-corrected chi connectivity index (χ2v) is 10.2. The molecule has 0 radical (unpaired) electrons. The lowest BCUT2D eigenvalue weighted by atomic mass is 10.0. The van der Waals surface area contributed by atoms with Crippen molar-refractivity contribution < 1.29 is 35.9 Å². The van der Waals surface area contributed by atoms with Crippen molar-refractivity contribution in [3.63, 3.8) is 0 Å². The SMILES string of the molecule is CS(=O)(=O)c1ccc(-c2ccc(CNC(=O)c3ccc(Oc4ccccc4OC(F)(F)F)nc3)cc2)cc1. The third-order valence-electron chi connectivity index (χ3n) is 5.31. The number of benzene rings is 3.